The van der Waals surface area contributed by atoms with Crippen LogP contribution in [0.4, 0.5) is 0 Å². The second-order valence-corrected chi connectivity index (χ2v) is 5.97. The van der Waals surface area contributed by atoms with Gasteiger partial charge >= 0.3 is 11.9 Å². The molecular weight excluding hydrogens is 262 g/mol. The first kappa shape index (κ1) is 16.9. The predicted octanol–water partition coefficient (Wildman–Crippen LogP) is -0.0318. The van der Waals surface area contributed by atoms with Gasteiger partial charge in [-0.05, 0) is 13.3 Å². The van der Waals surface area contributed by atoms with Gasteiger partial charge in [-0.3, -0.25) is 9.59 Å². The molecule has 0 aliphatic rings. The van der Waals surface area contributed by atoms with Gasteiger partial charge in [-0.1, -0.05) is 13.3 Å². The minimum absolute atomic E-state index is 0.229. The number of carbonyl (C=O) groups excluding carboxylic acids is 1. The molecule has 0 aliphatic carbocycles. The van der Waals surface area contributed by atoms with Gasteiger partial charge in [0, 0.05) is 6.54 Å². The fraction of sp³-hybridized carbons (Fsp3) is 0.800. The Hall–Kier alpha value is -1.15. The molecule has 0 spiro atoms. The zero-order chi connectivity index (χ0) is 14.3. The summed E-state index contributed by atoms with van der Waals surface area (Å²) in [5, 5.41) is 7.51. The molecule has 0 saturated carbocycles. The molecule has 0 aliphatic heterocycles. The second-order valence-electron chi connectivity index (χ2n) is 3.88. The summed E-state index contributed by atoms with van der Waals surface area (Å²) < 4.78 is 29.8. The lowest BCUT2D eigenvalue weighted by Gasteiger charge is -2.15. The predicted molar refractivity (Wildman–Crippen MR) is 64.4 cm³/mol. The van der Waals surface area contributed by atoms with Crippen LogP contribution in [-0.4, -0.2) is 44.4 Å². The number of methoxy groups -OCH3 is 1. The molecule has 2 N–H and O–H groups in total. The Labute approximate surface area is 107 Å². The first-order valence-electron chi connectivity index (χ1n) is 5.55. The molecule has 0 aromatic heterocycles. The molecule has 0 aromatic rings. The lowest BCUT2D eigenvalue weighted by Crippen LogP contribution is -2.41. The molecule has 0 radical (unpaired) electrons. The van der Waals surface area contributed by atoms with E-state index in [1.165, 1.54) is 6.92 Å². The zero-order valence-electron chi connectivity index (χ0n) is 10.7. The Balaban J connectivity index is 4.59. The maximum absolute atomic E-state index is 11.7. The quantitative estimate of drug-likeness (QED) is 0.604. The van der Waals surface area contributed by atoms with Crippen LogP contribution in [0, 0.1) is 5.92 Å². The van der Waals surface area contributed by atoms with E-state index in [1.807, 2.05) is 6.92 Å². The van der Waals surface area contributed by atoms with Gasteiger partial charge in [-0.2, -0.15) is 0 Å². The molecule has 0 heterocycles. The summed E-state index contributed by atoms with van der Waals surface area (Å²) in [5.74, 6) is -2.75. The van der Waals surface area contributed by atoms with E-state index >= 15 is 0 Å². The first-order chi connectivity index (χ1) is 8.26. The molecule has 0 rings (SSSR count). The Kier molecular flexibility index (Phi) is 6.85. The monoisotopic (exact) mass is 281 g/mol. The normalized spacial score (nSPS) is 14.8. The number of nitrogens with one attached hydrogen (secondary N) is 1. The lowest BCUT2D eigenvalue weighted by atomic mass is 10.1. The van der Waals surface area contributed by atoms with Crippen molar-refractivity contribution in [3.05, 3.63) is 0 Å². The third-order valence-corrected chi connectivity index (χ3v) is 4.21. The van der Waals surface area contributed by atoms with Crippen LogP contribution < -0.4 is 4.72 Å². The van der Waals surface area contributed by atoms with Crippen molar-refractivity contribution in [2.45, 2.75) is 31.9 Å². The van der Waals surface area contributed by atoms with E-state index in [1.54, 1.807) is 0 Å². The van der Waals surface area contributed by atoms with Gasteiger partial charge in [-0.15, -0.1) is 0 Å². The number of hydrogen-bond donors (Lipinski definition) is 2. The van der Waals surface area contributed by atoms with Crippen molar-refractivity contribution >= 4 is 22.0 Å². The number of carbonyl (C=O) groups is 2. The highest BCUT2D eigenvalue weighted by Gasteiger charge is 2.30. The topological polar surface area (TPSA) is 110 Å². The summed E-state index contributed by atoms with van der Waals surface area (Å²) in [6.45, 7) is 2.76. The first-order valence-corrected chi connectivity index (χ1v) is 7.10. The number of esters is 1. The molecule has 0 saturated heterocycles. The lowest BCUT2D eigenvalue weighted by molar-refractivity contribution is -0.141. The van der Waals surface area contributed by atoms with Gasteiger partial charge < -0.3 is 9.84 Å². The van der Waals surface area contributed by atoms with Crippen LogP contribution in [0.3, 0.4) is 0 Å². The maximum Gasteiger partial charge on any atom is 0.325 e. The summed E-state index contributed by atoms with van der Waals surface area (Å²) in [7, 11) is -2.82. The van der Waals surface area contributed by atoms with Crippen molar-refractivity contribution in [2.24, 2.45) is 5.92 Å². The summed E-state index contributed by atoms with van der Waals surface area (Å²) >= 11 is 0. The van der Waals surface area contributed by atoms with Crippen LogP contribution in [0.15, 0.2) is 0 Å². The average Bonchev–Trinajstić information content (AvgIpc) is 2.31. The van der Waals surface area contributed by atoms with Crippen molar-refractivity contribution < 1.29 is 27.9 Å². The third-order valence-electron chi connectivity index (χ3n) is 2.52. The number of carboxylic acids is 1. The van der Waals surface area contributed by atoms with Gasteiger partial charge in [0.05, 0.1) is 13.0 Å². The van der Waals surface area contributed by atoms with E-state index in [9.17, 15) is 18.0 Å². The molecule has 106 valence electrons. The van der Waals surface area contributed by atoms with Crippen LogP contribution in [0.1, 0.15) is 26.7 Å². The largest absolute Gasteiger partial charge is 0.481 e. The molecule has 0 aromatic carbocycles. The Bertz CT molecular complexity index is 391. The van der Waals surface area contributed by atoms with Crippen LogP contribution in [0.2, 0.25) is 0 Å². The highest BCUT2D eigenvalue weighted by atomic mass is 32.2. The molecule has 7 nitrogen and oxygen atoms in total. The van der Waals surface area contributed by atoms with Crippen molar-refractivity contribution in [3.63, 3.8) is 0 Å². The van der Waals surface area contributed by atoms with Crippen LogP contribution in [-0.2, 0) is 24.3 Å². The minimum atomic E-state index is -3.91. The molecular formula is C10H19NO6S. The molecule has 18 heavy (non-hydrogen) atoms. The van der Waals surface area contributed by atoms with E-state index in [-0.39, 0.29) is 6.54 Å². The number of ether oxygens (including phenoxy) is 1. The van der Waals surface area contributed by atoms with Crippen molar-refractivity contribution in [1.29, 1.82) is 0 Å². The standard InChI is InChI=1S/C10H19NO6S/c1-4-5-8(9(12)13)6-11-18(15,16)7(2)10(14)17-3/h7-8,11H,4-6H2,1-3H3,(H,12,13). The highest BCUT2D eigenvalue weighted by molar-refractivity contribution is 7.90. The van der Waals surface area contributed by atoms with Gasteiger partial charge in [0.25, 0.3) is 0 Å². The molecule has 2 atom stereocenters. The van der Waals surface area contributed by atoms with E-state index in [4.69, 9.17) is 5.11 Å². The molecule has 0 amide bonds. The Morgan fingerprint density at radius 3 is 2.33 bits per heavy atom. The van der Waals surface area contributed by atoms with Crippen molar-refractivity contribution in [2.75, 3.05) is 13.7 Å². The molecule has 0 fully saturated rings. The smallest absolute Gasteiger partial charge is 0.325 e. The number of hydrogen-bond acceptors (Lipinski definition) is 5. The molecule has 0 bridgehead atoms. The zero-order valence-corrected chi connectivity index (χ0v) is 11.5. The fourth-order valence-electron chi connectivity index (χ4n) is 1.30. The van der Waals surface area contributed by atoms with E-state index in [2.05, 4.69) is 9.46 Å². The number of sulfonamides is 1. The van der Waals surface area contributed by atoms with Gasteiger partial charge in [0.2, 0.25) is 10.0 Å². The van der Waals surface area contributed by atoms with E-state index in [0.717, 1.165) is 7.11 Å². The maximum atomic E-state index is 11.7. The molecule has 2 unspecified atom stereocenters. The van der Waals surface area contributed by atoms with Crippen LogP contribution in [0.5, 0.6) is 0 Å². The summed E-state index contributed by atoms with van der Waals surface area (Å²) in [5.41, 5.74) is 0. The minimum Gasteiger partial charge on any atom is -0.481 e. The molecule has 8 heteroatoms. The number of carboxylic acid groups (broad SMARTS) is 1. The third kappa shape index (κ3) is 5.01. The number of aliphatic carboxylic acids is 1. The van der Waals surface area contributed by atoms with Crippen molar-refractivity contribution in [3.8, 4) is 0 Å². The van der Waals surface area contributed by atoms with Crippen LogP contribution in [0.25, 0.3) is 0 Å². The van der Waals surface area contributed by atoms with Gasteiger partial charge in [0.15, 0.2) is 5.25 Å². The van der Waals surface area contributed by atoms with Crippen LogP contribution >= 0.6 is 0 Å². The van der Waals surface area contributed by atoms with Crippen molar-refractivity contribution in [1.82, 2.24) is 4.72 Å². The highest BCUT2D eigenvalue weighted by Crippen LogP contribution is 2.07. The summed E-state index contributed by atoms with van der Waals surface area (Å²) in [6.07, 6.45) is 0.996. The summed E-state index contributed by atoms with van der Waals surface area (Å²) in [4.78, 5) is 21.9. The van der Waals surface area contributed by atoms with Gasteiger partial charge in [0.1, 0.15) is 0 Å². The SMILES string of the molecule is CCCC(CNS(=O)(=O)C(C)C(=O)OC)C(=O)O. The van der Waals surface area contributed by atoms with Gasteiger partial charge in [-0.25, -0.2) is 13.1 Å². The number of rotatable bonds is 8. The summed E-state index contributed by atoms with van der Waals surface area (Å²) in [6, 6.07) is 0. The average molecular weight is 281 g/mol. The second kappa shape index (κ2) is 7.32. The van der Waals surface area contributed by atoms with E-state index < -0.39 is 33.1 Å². The Morgan fingerprint density at radius 1 is 1.39 bits per heavy atom. The van der Waals surface area contributed by atoms with E-state index in [0.29, 0.717) is 12.8 Å². The Morgan fingerprint density at radius 2 is 1.94 bits per heavy atom. The fourth-order valence-corrected chi connectivity index (χ4v) is 2.33.